The highest BCUT2D eigenvalue weighted by Crippen LogP contribution is 2.31. The SMILES string of the molecule is CCCOc1cccc2[nH]cc(C(=O)C(C)CCC)c12. The molecule has 2 rings (SSSR count). The molecule has 0 bridgehead atoms. The molecule has 1 unspecified atom stereocenters. The molecule has 108 valence electrons. The summed E-state index contributed by atoms with van der Waals surface area (Å²) >= 11 is 0. The highest BCUT2D eigenvalue weighted by atomic mass is 16.5. The Morgan fingerprint density at radius 2 is 2.10 bits per heavy atom. The Bertz CT molecular complexity index is 586. The molecule has 0 aliphatic carbocycles. The van der Waals surface area contributed by atoms with E-state index in [0.29, 0.717) is 6.61 Å². The van der Waals surface area contributed by atoms with E-state index in [1.54, 1.807) is 0 Å². The van der Waals surface area contributed by atoms with Gasteiger partial charge < -0.3 is 9.72 Å². The van der Waals surface area contributed by atoms with Gasteiger partial charge in [-0.05, 0) is 25.0 Å². The first-order valence-electron chi connectivity index (χ1n) is 7.46. The van der Waals surface area contributed by atoms with Gasteiger partial charge in [-0.25, -0.2) is 0 Å². The maximum Gasteiger partial charge on any atom is 0.167 e. The summed E-state index contributed by atoms with van der Waals surface area (Å²) in [5.41, 5.74) is 1.72. The number of hydrogen-bond acceptors (Lipinski definition) is 2. The largest absolute Gasteiger partial charge is 0.493 e. The van der Waals surface area contributed by atoms with Gasteiger partial charge in [0.15, 0.2) is 5.78 Å². The van der Waals surface area contributed by atoms with Crippen LogP contribution < -0.4 is 4.74 Å². The molecule has 3 nitrogen and oxygen atoms in total. The van der Waals surface area contributed by atoms with Crippen LogP contribution >= 0.6 is 0 Å². The lowest BCUT2D eigenvalue weighted by molar-refractivity contribution is 0.0925. The van der Waals surface area contributed by atoms with Crippen molar-refractivity contribution in [3.63, 3.8) is 0 Å². The monoisotopic (exact) mass is 273 g/mol. The molecule has 0 aliphatic heterocycles. The standard InChI is InChI=1S/C17H23NO2/c1-4-7-12(3)17(19)13-11-18-14-8-6-9-15(16(13)14)20-10-5-2/h6,8-9,11-12,18H,4-5,7,10H2,1-3H3. The minimum atomic E-state index is 0.0539. The summed E-state index contributed by atoms with van der Waals surface area (Å²) in [4.78, 5) is 15.7. The number of ketones is 1. The maximum atomic E-state index is 12.6. The lowest BCUT2D eigenvalue weighted by atomic mass is 9.95. The summed E-state index contributed by atoms with van der Waals surface area (Å²) in [7, 11) is 0. The molecule has 0 amide bonds. The predicted molar refractivity (Wildman–Crippen MR) is 82.5 cm³/mol. The molecule has 0 radical (unpaired) electrons. The molecule has 1 aromatic heterocycles. The zero-order chi connectivity index (χ0) is 14.5. The third-order valence-electron chi connectivity index (χ3n) is 3.56. The van der Waals surface area contributed by atoms with Gasteiger partial charge in [0, 0.05) is 23.2 Å². The molecule has 20 heavy (non-hydrogen) atoms. The van der Waals surface area contributed by atoms with Crippen molar-refractivity contribution in [2.45, 2.75) is 40.0 Å². The Hall–Kier alpha value is -1.77. The van der Waals surface area contributed by atoms with Crippen molar-refractivity contribution in [1.29, 1.82) is 0 Å². The molecular weight excluding hydrogens is 250 g/mol. The third kappa shape index (κ3) is 2.87. The van der Waals surface area contributed by atoms with Crippen LogP contribution in [0.5, 0.6) is 5.75 Å². The van der Waals surface area contributed by atoms with E-state index in [2.05, 4.69) is 18.8 Å². The number of fused-ring (bicyclic) bond motifs is 1. The number of hydrogen-bond donors (Lipinski definition) is 1. The lowest BCUT2D eigenvalue weighted by Gasteiger charge is -2.10. The predicted octanol–water partition coefficient (Wildman–Crippen LogP) is 4.58. The summed E-state index contributed by atoms with van der Waals surface area (Å²) in [5.74, 6) is 1.06. The molecule has 1 N–H and O–H groups in total. The van der Waals surface area contributed by atoms with E-state index in [1.165, 1.54) is 0 Å². The molecule has 1 atom stereocenters. The minimum absolute atomic E-state index is 0.0539. The number of rotatable bonds is 7. The van der Waals surface area contributed by atoms with E-state index < -0.39 is 0 Å². The van der Waals surface area contributed by atoms with Crippen LogP contribution in [-0.2, 0) is 0 Å². The van der Waals surface area contributed by atoms with Crippen molar-refractivity contribution in [2.24, 2.45) is 5.92 Å². The number of nitrogens with one attached hydrogen (secondary N) is 1. The van der Waals surface area contributed by atoms with Gasteiger partial charge in [0.1, 0.15) is 5.75 Å². The molecule has 1 heterocycles. The van der Waals surface area contributed by atoms with Crippen LogP contribution in [0.2, 0.25) is 0 Å². The number of benzene rings is 1. The van der Waals surface area contributed by atoms with Gasteiger partial charge in [-0.15, -0.1) is 0 Å². The van der Waals surface area contributed by atoms with E-state index in [0.717, 1.165) is 41.5 Å². The molecule has 0 spiro atoms. The van der Waals surface area contributed by atoms with Crippen LogP contribution in [0.1, 0.15) is 50.4 Å². The van der Waals surface area contributed by atoms with Crippen molar-refractivity contribution in [3.05, 3.63) is 30.0 Å². The summed E-state index contributed by atoms with van der Waals surface area (Å²) < 4.78 is 5.79. The van der Waals surface area contributed by atoms with E-state index in [4.69, 9.17) is 4.74 Å². The Morgan fingerprint density at radius 3 is 2.80 bits per heavy atom. The average Bonchev–Trinajstić information content (AvgIpc) is 2.89. The first-order valence-corrected chi connectivity index (χ1v) is 7.46. The number of aromatic amines is 1. The quantitative estimate of drug-likeness (QED) is 0.750. The van der Waals surface area contributed by atoms with E-state index >= 15 is 0 Å². The number of H-pyrrole nitrogens is 1. The number of Topliss-reactive ketones (excluding diaryl/α,β-unsaturated/α-hetero) is 1. The molecule has 0 aliphatic rings. The normalized spacial score (nSPS) is 12.6. The fraction of sp³-hybridized carbons (Fsp3) is 0.471. The van der Waals surface area contributed by atoms with Crippen LogP contribution in [0.15, 0.2) is 24.4 Å². The molecule has 2 aromatic rings. The summed E-state index contributed by atoms with van der Waals surface area (Å²) in [6.07, 6.45) is 4.71. The molecule has 3 heteroatoms. The smallest absolute Gasteiger partial charge is 0.167 e. The molecular formula is C17H23NO2. The first-order chi connectivity index (χ1) is 9.69. The van der Waals surface area contributed by atoms with Crippen molar-refractivity contribution < 1.29 is 9.53 Å². The Kier molecular flexibility index (Phi) is 4.83. The minimum Gasteiger partial charge on any atom is -0.493 e. The molecule has 1 aromatic carbocycles. The zero-order valence-corrected chi connectivity index (χ0v) is 12.5. The molecule has 0 saturated carbocycles. The Balaban J connectivity index is 2.40. The average molecular weight is 273 g/mol. The van der Waals surface area contributed by atoms with E-state index in [-0.39, 0.29) is 11.7 Å². The fourth-order valence-corrected chi connectivity index (χ4v) is 2.51. The second-order valence-electron chi connectivity index (χ2n) is 5.28. The summed E-state index contributed by atoms with van der Waals surface area (Å²) in [6, 6.07) is 5.87. The van der Waals surface area contributed by atoms with Gasteiger partial charge in [0.05, 0.1) is 12.0 Å². The van der Waals surface area contributed by atoms with Gasteiger partial charge in [-0.3, -0.25) is 4.79 Å². The van der Waals surface area contributed by atoms with Crippen LogP contribution in [0.4, 0.5) is 0 Å². The second kappa shape index (κ2) is 6.60. The Labute approximate surface area is 120 Å². The number of aromatic nitrogens is 1. The zero-order valence-electron chi connectivity index (χ0n) is 12.5. The van der Waals surface area contributed by atoms with Crippen molar-refractivity contribution in [2.75, 3.05) is 6.61 Å². The molecule has 0 saturated heterocycles. The van der Waals surface area contributed by atoms with Crippen molar-refractivity contribution in [3.8, 4) is 5.75 Å². The summed E-state index contributed by atoms with van der Waals surface area (Å²) in [5, 5.41) is 0.925. The third-order valence-corrected chi connectivity index (χ3v) is 3.56. The molecule has 0 fully saturated rings. The van der Waals surface area contributed by atoms with Gasteiger partial charge in [0.2, 0.25) is 0 Å². The topological polar surface area (TPSA) is 42.1 Å². The number of carbonyl (C=O) groups excluding carboxylic acids is 1. The first kappa shape index (κ1) is 14.6. The highest BCUT2D eigenvalue weighted by Gasteiger charge is 2.20. The summed E-state index contributed by atoms with van der Waals surface area (Å²) in [6.45, 7) is 6.85. The van der Waals surface area contributed by atoms with Crippen molar-refractivity contribution in [1.82, 2.24) is 4.98 Å². The van der Waals surface area contributed by atoms with Crippen LogP contribution in [0, 0.1) is 5.92 Å². The second-order valence-corrected chi connectivity index (χ2v) is 5.28. The van der Waals surface area contributed by atoms with Crippen LogP contribution in [-0.4, -0.2) is 17.4 Å². The lowest BCUT2D eigenvalue weighted by Crippen LogP contribution is -2.10. The van der Waals surface area contributed by atoms with Gasteiger partial charge in [-0.2, -0.15) is 0 Å². The highest BCUT2D eigenvalue weighted by molar-refractivity contribution is 6.10. The van der Waals surface area contributed by atoms with Crippen LogP contribution in [0.3, 0.4) is 0 Å². The van der Waals surface area contributed by atoms with Crippen molar-refractivity contribution >= 4 is 16.7 Å². The van der Waals surface area contributed by atoms with Crippen LogP contribution in [0.25, 0.3) is 10.9 Å². The van der Waals surface area contributed by atoms with E-state index in [9.17, 15) is 4.79 Å². The number of carbonyl (C=O) groups is 1. The maximum absolute atomic E-state index is 12.6. The van der Waals surface area contributed by atoms with Gasteiger partial charge in [0.25, 0.3) is 0 Å². The van der Waals surface area contributed by atoms with Gasteiger partial charge >= 0.3 is 0 Å². The fourth-order valence-electron chi connectivity index (χ4n) is 2.51. The van der Waals surface area contributed by atoms with E-state index in [1.807, 2.05) is 31.3 Å². The Morgan fingerprint density at radius 1 is 1.30 bits per heavy atom. The number of ether oxygens (including phenoxy) is 1. The van der Waals surface area contributed by atoms with Gasteiger partial charge in [-0.1, -0.05) is 33.3 Å².